The number of ether oxygens (including phenoxy) is 1. The van der Waals surface area contributed by atoms with E-state index in [-0.39, 0.29) is 11.4 Å². The van der Waals surface area contributed by atoms with Crippen molar-refractivity contribution in [1.29, 1.82) is 0 Å². The molecule has 0 amide bonds. The normalized spacial score (nSPS) is 10.5. The number of hydrogen-bond acceptors (Lipinski definition) is 5. The number of aromatic nitrogens is 3. The molecule has 6 nitrogen and oxygen atoms in total. The largest absolute Gasteiger partial charge is 0.506 e. The number of carbonyl (C=O) groups is 1. The van der Waals surface area contributed by atoms with Crippen LogP contribution in [0.5, 0.6) is 5.75 Å². The van der Waals surface area contributed by atoms with Gasteiger partial charge in [-0.2, -0.15) is 5.10 Å². The van der Waals surface area contributed by atoms with E-state index in [9.17, 15) is 9.90 Å². The zero-order valence-electron chi connectivity index (χ0n) is 12.5. The Hall–Kier alpha value is -3.15. The van der Waals surface area contributed by atoms with Gasteiger partial charge in [-0.1, -0.05) is 12.1 Å². The van der Waals surface area contributed by atoms with E-state index in [1.165, 1.54) is 13.3 Å². The van der Waals surface area contributed by atoms with Crippen LogP contribution in [0.3, 0.4) is 0 Å². The number of carbonyl (C=O) groups excluding carboxylic acids is 1. The van der Waals surface area contributed by atoms with Crippen LogP contribution in [0.15, 0.2) is 55.0 Å². The second kappa shape index (κ2) is 6.31. The van der Waals surface area contributed by atoms with Gasteiger partial charge in [0.25, 0.3) is 0 Å². The first-order valence-electron chi connectivity index (χ1n) is 7.02. The topological polar surface area (TPSA) is 77.2 Å². The maximum Gasteiger partial charge on any atom is 0.356 e. The smallest absolute Gasteiger partial charge is 0.356 e. The second-order valence-corrected chi connectivity index (χ2v) is 4.98. The van der Waals surface area contributed by atoms with Crippen molar-refractivity contribution in [2.75, 3.05) is 7.11 Å². The minimum absolute atomic E-state index is 0.0498. The van der Waals surface area contributed by atoms with Gasteiger partial charge in [-0.25, -0.2) is 14.5 Å². The highest BCUT2D eigenvalue weighted by atomic mass is 16.5. The van der Waals surface area contributed by atoms with E-state index in [1.807, 2.05) is 36.5 Å². The Labute approximate surface area is 133 Å². The molecule has 23 heavy (non-hydrogen) atoms. The summed E-state index contributed by atoms with van der Waals surface area (Å²) in [6, 6.07) is 11.2. The van der Waals surface area contributed by atoms with Crippen LogP contribution in [-0.2, 0) is 11.2 Å². The number of rotatable bonds is 4. The lowest BCUT2D eigenvalue weighted by atomic mass is 10.0. The van der Waals surface area contributed by atoms with E-state index < -0.39 is 5.97 Å². The predicted octanol–water partition coefficient (Wildman–Crippen LogP) is 2.35. The SMILES string of the molecule is COC(=O)c1cc(Cc2ccc(-n3cccn3)cc2)c(O)cn1. The van der Waals surface area contributed by atoms with Crippen molar-refractivity contribution in [3.63, 3.8) is 0 Å². The van der Waals surface area contributed by atoms with E-state index in [0.717, 1.165) is 11.3 Å². The highest BCUT2D eigenvalue weighted by Gasteiger charge is 2.11. The lowest BCUT2D eigenvalue weighted by Gasteiger charge is -2.08. The number of pyridine rings is 1. The van der Waals surface area contributed by atoms with Gasteiger partial charge in [0.1, 0.15) is 11.4 Å². The number of benzene rings is 1. The van der Waals surface area contributed by atoms with E-state index in [0.29, 0.717) is 12.0 Å². The average molecular weight is 309 g/mol. The van der Waals surface area contributed by atoms with Crippen LogP contribution in [0.1, 0.15) is 21.6 Å². The van der Waals surface area contributed by atoms with Crippen LogP contribution in [0.25, 0.3) is 5.69 Å². The Morgan fingerprint density at radius 1 is 1.30 bits per heavy atom. The fourth-order valence-corrected chi connectivity index (χ4v) is 2.26. The van der Waals surface area contributed by atoms with Crippen LogP contribution < -0.4 is 0 Å². The number of nitrogens with zero attached hydrogens (tertiary/aromatic N) is 3. The van der Waals surface area contributed by atoms with Crippen molar-refractivity contribution in [2.24, 2.45) is 0 Å². The predicted molar refractivity (Wildman–Crippen MR) is 83.6 cm³/mol. The molecule has 2 heterocycles. The van der Waals surface area contributed by atoms with Gasteiger partial charge in [0.05, 0.1) is 19.0 Å². The Morgan fingerprint density at radius 3 is 2.74 bits per heavy atom. The van der Waals surface area contributed by atoms with Crippen molar-refractivity contribution in [2.45, 2.75) is 6.42 Å². The second-order valence-electron chi connectivity index (χ2n) is 4.98. The summed E-state index contributed by atoms with van der Waals surface area (Å²) in [6.45, 7) is 0. The monoisotopic (exact) mass is 309 g/mol. The molecule has 0 fully saturated rings. The Balaban J connectivity index is 1.83. The number of hydrogen-bond donors (Lipinski definition) is 1. The molecule has 1 aromatic carbocycles. The molecule has 3 rings (SSSR count). The number of esters is 1. The first kappa shape index (κ1) is 14.8. The molecule has 0 saturated heterocycles. The molecule has 0 bridgehead atoms. The van der Waals surface area contributed by atoms with Crippen molar-refractivity contribution in [3.05, 3.63) is 71.8 Å². The summed E-state index contributed by atoms with van der Waals surface area (Å²) < 4.78 is 6.41. The molecule has 0 saturated carbocycles. The summed E-state index contributed by atoms with van der Waals surface area (Å²) in [6.07, 6.45) is 5.33. The first-order chi connectivity index (χ1) is 11.2. The fraction of sp³-hybridized carbons (Fsp3) is 0.118. The Bertz CT molecular complexity index is 812. The molecule has 3 aromatic rings. The van der Waals surface area contributed by atoms with Gasteiger partial charge in [-0.15, -0.1) is 0 Å². The van der Waals surface area contributed by atoms with Gasteiger partial charge >= 0.3 is 5.97 Å². The molecule has 6 heteroatoms. The zero-order chi connectivity index (χ0) is 16.2. The first-order valence-corrected chi connectivity index (χ1v) is 7.02. The molecule has 0 aliphatic carbocycles. The summed E-state index contributed by atoms with van der Waals surface area (Å²) >= 11 is 0. The molecular weight excluding hydrogens is 294 g/mol. The van der Waals surface area contributed by atoms with Gasteiger partial charge in [0.2, 0.25) is 0 Å². The van der Waals surface area contributed by atoms with Crippen LogP contribution in [0, 0.1) is 0 Å². The van der Waals surface area contributed by atoms with Gasteiger partial charge in [-0.05, 0) is 29.8 Å². The van der Waals surface area contributed by atoms with E-state index in [4.69, 9.17) is 0 Å². The summed E-state index contributed by atoms with van der Waals surface area (Å²) in [5.41, 5.74) is 2.74. The highest BCUT2D eigenvalue weighted by molar-refractivity contribution is 5.87. The van der Waals surface area contributed by atoms with Crippen molar-refractivity contribution in [3.8, 4) is 11.4 Å². The van der Waals surface area contributed by atoms with Gasteiger partial charge in [0.15, 0.2) is 0 Å². The molecule has 0 aliphatic heterocycles. The summed E-state index contributed by atoms with van der Waals surface area (Å²) in [5.74, 6) is -0.478. The fourth-order valence-electron chi connectivity index (χ4n) is 2.26. The molecule has 0 spiro atoms. The minimum Gasteiger partial charge on any atom is -0.506 e. The Morgan fingerprint density at radius 2 is 2.09 bits per heavy atom. The third-order valence-electron chi connectivity index (χ3n) is 3.46. The van der Waals surface area contributed by atoms with E-state index >= 15 is 0 Å². The maximum absolute atomic E-state index is 11.5. The Kier molecular flexibility index (Phi) is 4.05. The van der Waals surface area contributed by atoms with Crippen molar-refractivity contribution >= 4 is 5.97 Å². The van der Waals surface area contributed by atoms with Crippen LogP contribution >= 0.6 is 0 Å². The molecular formula is C17H15N3O3. The van der Waals surface area contributed by atoms with Crippen LogP contribution in [0.4, 0.5) is 0 Å². The van der Waals surface area contributed by atoms with Crippen LogP contribution in [0.2, 0.25) is 0 Å². The van der Waals surface area contributed by atoms with Gasteiger partial charge in [0, 0.05) is 24.4 Å². The molecule has 0 unspecified atom stereocenters. The van der Waals surface area contributed by atoms with Crippen molar-refractivity contribution in [1.82, 2.24) is 14.8 Å². The van der Waals surface area contributed by atoms with Crippen molar-refractivity contribution < 1.29 is 14.6 Å². The third-order valence-corrected chi connectivity index (χ3v) is 3.46. The highest BCUT2D eigenvalue weighted by Crippen LogP contribution is 2.21. The van der Waals surface area contributed by atoms with Gasteiger partial charge < -0.3 is 9.84 Å². The minimum atomic E-state index is -0.528. The molecule has 1 N–H and O–H groups in total. The van der Waals surface area contributed by atoms with Crippen LogP contribution in [-0.4, -0.2) is 33.0 Å². The van der Waals surface area contributed by atoms with Gasteiger partial charge in [-0.3, -0.25) is 0 Å². The summed E-state index contributed by atoms with van der Waals surface area (Å²) in [5, 5.41) is 14.1. The molecule has 2 aromatic heterocycles. The standard InChI is InChI=1S/C17H15N3O3/c1-23-17(22)15-10-13(16(21)11-18-15)9-12-3-5-14(6-4-12)20-8-2-7-19-20/h2-8,10-11,21H,9H2,1H3. The molecule has 0 radical (unpaired) electrons. The lowest BCUT2D eigenvalue weighted by Crippen LogP contribution is -2.05. The number of aromatic hydroxyl groups is 1. The average Bonchev–Trinajstić information content (AvgIpc) is 3.11. The molecule has 0 aliphatic rings. The zero-order valence-corrected chi connectivity index (χ0v) is 12.5. The molecule has 116 valence electrons. The quantitative estimate of drug-likeness (QED) is 0.749. The summed E-state index contributed by atoms with van der Waals surface area (Å²) in [7, 11) is 1.30. The third kappa shape index (κ3) is 3.21. The number of methoxy groups -OCH3 is 1. The lowest BCUT2D eigenvalue weighted by molar-refractivity contribution is 0.0594. The van der Waals surface area contributed by atoms with E-state index in [2.05, 4.69) is 14.8 Å². The van der Waals surface area contributed by atoms with E-state index in [1.54, 1.807) is 16.9 Å². The summed E-state index contributed by atoms with van der Waals surface area (Å²) in [4.78, 5) is 15.4. The maximum atomic E-state index is 11.5. The molecule has 0 atom stereocenters.